The van der Waals surface area contributed by atoms with Crippen LogP contribution < -0.4 is 10.1 Å². The fourth-order valence-corrected chi connectivity index (χ4v) is 2.10. The number of benzene rings is 1. The second kappa shape index (κ2) is 8.82. The van der Waals surface area contributed by atoms with E-state index in [1.54, 1.807) is 0 Å². The highest BCUT2D eigenvalue weighted by atomic mass is 32.2. The molecule has 4 nitrogen and oxygen atoms in total. The molecule has 0 heterocycles. The maximum Gasteiger partial charge on any atom is 0.230 e. The van der Waals surface area contributed by atoms with Gasteiger partial charge in [0.15, 0.2) is 0 Å². The van der Waals surface area contributed by atoms with Crippen LogP contribution >= 0.6 is 11.8 Å². The summed E-state index contributed by atoms with van der Waals surface area (Å²) in [6, 6.07) is 7.66. The van der Waals surface area contributed by atoms with Crippen molar-refractivity contribution in [2.24, 2.45) is 0 Å². The molecular weight excluding hydrogens is 262 g/mol. The number of aliphatic hydroxyl groups excluding tert-OH is 1. The van der Waals surface area contributed by atoms with E-state index in [0.29, 0.717) is 25.3 Å². The van der Waals surface area contributed by atoms with Crippen molar-refractivity contribution < 1.29 is 14.6 Å². The first-order valence-corrected chi connectivity index (χ1v) is 7.44. The van der Waals surface area contributed by atoms with Crippen molar-refractivity contribution in [2.75, 3.05) is 18.9 Å². The molecule has 0 aliphatic heterocycles. The maximum absolute atomic E-state index is 11.5. The van der Waals surface area contributed by atoms with Crippen molar-refractivity contribution in [3.8, 4) is 5.75 Å². The molecule has 2 N–H and O–H groups in total. The molecule has 1 aromatic carbocycles. The number of thioether (sulfide) groups is 1. The number of hydrogen-bond donors (Lipinski definition) is 2. The normalized spacial score (nSPS) is 11.9. The van der Waals surface area contributed by atoms with E-state index in [9.17, 15) is 9.90 Å². The van der Waals surface area contributed by atoms with Crippen molar-refractivity contribution in [2.45, 2.75) is 31.3 Å². The molecule has 0 spiro atoms. The van der Waals surface area contributed by atoms with Crippen molar-refractivity contribution >= 4 is 17.7 Å². The number of carbonyl (C=O) groups is 1. The van der Waals surface area contributed by atoms with Gasteiger partial charge in [-0.1, -0.05) is 6.92 Å². The average molecular weight is 283 g/mol. The van der Waals surface area contributed by atoms with Crippen LogP contribution in [0.25, 0.3) is 0 Å². The number of amides is 1. The van der Waals surface area contributed by atoms with Gasteiger partial charge in [-0.3, -0.25) is 4.79 Å². The molecule has 0 radical (unpaired) electrons. The van der Waals surface area contributed by atoms with Gasteiger partial charge in [0.25, 0.3) is 0 Å². The Labute approximate surface area is 118 Å². The van der Waals surface area contributed by atoms with Crippen LogP contribution in [0.15, 0.2) is 29.2 Å². The second-order valence-corrected chi connectivity index (χ2v) is 5.11. The quantitative estimate of drug-likeness (QED) is 0.717. The fourth-order valence-electron chi connectivity index (χ4n) is 1.37. The maximum atomic E-state index is 11.5. The smallest absolute Gasteiger partial charge is 0.230 e. The van der Waals surface area contributed by atoms with E-state index in [2.05, 4.69) is 5.32 Å². The number of rotatable bonds is 8. The van der Waals surface area contributed by atoms with Crippen molar-refractivity contribution in [3.63, 3.8) is 0 Å². The minimum atomic E-state index is -0.459. The molecule has 1 rings (SSSR count). The van der Waals surface area contributed by atoms with Gasteiger partial charge >= 0.3 is 0 Å². The Morgan fingerprint density at radius 1 is 1.37 bits per heavy atom. The Hall–Kier alpha value is -1.20. The van der Waals surface area contributed by atoms with E-state index in [-0.39, 0.29) is 5.91 Å². The number of aliphatic hydroxyl groups is 1. The SMILES string of the molecule is CCOc1ccc(SCC(=O)NCC(O)CC)cc1. The number of ether oxygens (including phenoxy) is 1. The van der Waals surface area contributed by atoms with Crippen LogP contribution in [0, 0.1) is 0 Å². The molecule has 0 fully saturated rings. The Kier molecular flexibility index (Phi) is 7.36. The van der Waals surface area contributed by atoms with E-state index in [1.165, 1.54) is 11.8 Å². The summed E-state index contributed by atoms with van der Waals surface area (Å²) in [5.41, 5.74) is 0. The fraction of sp³-hybridized carbons (Fsp3) is 0.500. The molecule has 1 atom stereocenters. The summed E-state index contributed by atoms with van der Waals surface area (Å²) in [6.07, 6.45) is 0.186. The summed E-state index contributed by atoms with van der Waals surface area (Å²) in [4.78, 5) is 12.6. The predicted molar refractivity (Wildman–Crippen MR) is 77.6 cm³/mol. The molecule has 0 aromatic heterocycles. The van der Waals surface area contributed by atoms with E-state index in [1.807, 2.05) is 38.1 Å². The molecule has 0 aliphatic carbocycles. The second-order valence-electron chi connectivity index (χ2n) is 4.06. The molecule has 1 aromatic rings. The van der Waals surface area contributed by atoms with Crippen LogP contribution in [0.5, 0.6) is 5.75 Å². The predicted octanol–water partition coefficient (Wildman–Crippen LogP) is 2.06. The number of carbonyl (C=O) groups excluding carboxylic acids is 1. The molecule has 19 heavy (non-hydrogen) atoms. The van der Waals surface area contributed by atoms with E-state index >= 15 is 0 Å². The zero-order chi connectivity index (χ0) is 14.1. The van der Waals surface area contributed by atoms with Gasteiger partial charge in [0.2, 0.25) is 5.91 Å². The average Bonchev–Trinajstić information content (AvgIpc) is 2.44. The van der Waals surface area contributed by atoms with E-state index in [4.69, 9.17) is 4.74 Å². The summed E-state index contributed by atoms with van der Waals surface area (Å²) in [6.45, 7) is 4.79. The van der Waals surface area contributed by atoms with Crippen LogP contribution in [0.2, 0.25) is 0 Å². The molecule has 106 valence electrons. The number of nitrogens with one attached hydrogen (secondary N) is 1. The van der Waals surface area contributed by atoms with Crippen LogP contribution in [-0.2, 0) is 4.79 Å². The van der Waals surface area contributed by atoms with Gasteiger partial charge in [-0.15, -0.1) is 11.8 Å². The molecule has 0 aliphatic rings. The van der Waals surface area contributed by atoms with E-state index in [0.717, 1.165) is 10.6 Å². The standard InChI is InChI=1S/C14H21NO3S/c1-3-11(16)9-15-14(17)10-19-13-7-5-12(6-8-13)18-4-2/h5-8,11,16H,3-4,9-10H2,1-2H3,(H,15,17). The van der Waals surface area contributed by atoms with Crippen LogP contribution in [0.1, 0.15) is 20.3 Å². The summed E-state index contributed by atoms with van der Waals surface area (Å²) >= 11 is 1.47. The molecule has 5 heteroatoms. The zero-order valence-corrected chi connectivity index (χ0v) is 12.2. The van der Waals surface area contributed by atoms with Gasteiger partial charge in [-0.05, 0) is 37.6 Å². The lowest BCUT2D eigenvalue weighted by atomic mass is 10.3. The van der Waals surface area contributed by atoms with E-state index < -0.39 is 6.10 Å². The zero-order valence-electron chi connectivity index (χ0n) is 11.4. The van der Waals surface area contributed by atoms with Crippen molar-refractivity contribution in [1.29, 1.82) is 0 Å². The Morgan fingerprint density at radius 2 is 2.05 bits per heavy atom. The van der Waals surface area contributed by atoms with Gasteiger partial charge in [0.1, 0.15) is 5.75 Å². The van der Waals surface area contributed by atoms with Gasteiger partial charge in [0.05, 0.1) is 18.5 Å². The first-order chi connectivity index (χ1) is 9.15. The highest BCUT2D eigenvalue weighted by Crippen LogP contribution is 2.21. The van der Waals surface area contributed by atoms with Gasteiger partial charge in [-0.25, -0.2) is 0 Å². The van der Waals surface area contributed by atoms with Crippen LogP contribution in [-0.4, -0.2) is 36.0 Å². The topological polar surface area (TPSA) is 58.6 Å². The lowest BCUT2D eigenvalue weighted by Gasteiger charge is -2.09. The number of hydrogen-bond acceptors (Lipinski definition) is 4. The van der Waals surface area contributed by atoms with Crippen molar-refractivity contribution in [1.82, 2.24) is 5.32 Å². The minimum absolute atomic E-state index is 0.0635. The summed E-state index contributed by atoms with van der Waals surface area (Å²) in [7, 11) is 0. The van der Waals surface area contributed by atoms with Crippen LogP contribution in [0.3, 0.4) is 0 Å². The third-order valence-electron chi connectivity index (χ3n) is 2.51. The molecular formula is C14H21NO3S. The lowest BCUT2D eigenvalue weighted by Crippen LogP contribution is -2.32. The Bertz CT molecular complexity index is 381. The monoisotopic (exact) mass is 283 g/mol. The summed E-state index contributed by atoms with van der Waals surface area (Å²) in [5.74, 6) is 1.12. The van der Waals surface area contributed by atoms with Gasteiger partial charge in [0, 0.05) is 11.4 Å². The minimum Gasteiger partial charge on any atom is -0.494 e. The van der Waals surface area contributed by atoms with Gasteiger partial charge < -0.3 is 15.2 Å². The lowest BCUT2D eigenvalue weighted by molar-refractivity contribution is -0.119. The molecule has 0 bridgehead atoms. The third-order valence-corrected chi connectivity index (χ3v) is 3.52. The van der Waals surface area contributed by atoms with Gasteiger partial charge in [-0.2, -0.15) is 0 Å². The third kappa shape index (κ3) is 6.50. The van der Waals surface area contributed by atoms with Crippen LogP contribution in [0.4, 0.5) is 0 Å². The first-order valence-electron chi connectivity index (χ1n) is 6.46. The molecule has 1 amide bonds. The highest BCUT2D eigenvalue weighted by molar-refractivity contribution is 8.00. The Morgan fingerprint density at radius 3 is 2.63 bits per heavy atom. The Balaban J connectivity index is 2.29. The highest BCUT2D eigenvalue weighted by Gasteiger charge is 2.05. The summed E-state index contributed by atoms with van der Waals surface area (Å²) in [5, 5.41) is 12.0. The first kappa shape index (κ1) is 15.9. The molecule has 0 saturated heterocycles. The molecule has 1 unspecified atom stereocenters. The summed E-state index contributed by atoms with van der Waals surface area (Å²) < 4.78 is 5.35. The van der Waals surface area contributed by atoms with Crippen molar-refractivity contribution in [3.05, 3.63) is 24.3 Å². The molecule has 0 saturated carbocycles. The largest absolute Gasteiger partial charge is 0.494 e.